The number of hydrogen-bond acceptors (Lipinski definition) is 6. The third kappa shape index (κ3) is 2.34. The first-order chi connectivity index (χ1) is 10.2. The number of fused-ring (bicyclic) bond motifs is 1. The zero-order chi connectivity index (χ0) is 15.0. The molecule has 0 amide bonds. The number of rotatable bonds is 4. The van der Waals surface area contributed by atoms with Crippen LogP contribution in [0.25, 0.3) is 11.2 Å². The highest BCUT2D eigenvalue weighted by Gasteiger charge is 2.19. The standard InChI is InChI=1S/C13H15N5OS2/c1-4-8-5-14-12(21-8)7(2)18-10-9(17-13(18)20)11(19-3)16-6-15-10/h5-7H,4H2,1-3H3,(H,17,20). The predicted molar refractivity (Wildman–Crippen MR) is 84.6 cm³/mol. The Morgan fingerprint density at radius 2 is 2.24 bits per heavy atom. The molecule has 0 aliphatic heterocycles. The molecule has 0 spiro atoms. The van der Waals surface area contributed by atoms with Crippen LogP contribution >= 0.6 is 23.6 Å². The number of nitrogens with one attached hydrogen (secondary N) is 1. The second-order valence-electron chi connectivity index (χ2n) is 4.58. The van der Waals surface area contributed by atoms with E-state index in [-0.39, 0.29) is 6.04 Å². The smallest absolute Gasteiger partial charge is 0.242 e. The monoisotopic (exact) mass is 321 g/mol. The summed E-state index contributed by atoms with van der Waals surface area (Å²) in [6.07, 6.45) is 4.39. The number of methoxy groups -OCH3 is 1. The summed E-state index contributed by atoms with van der Waals surface area (Å²) < 4.78 is 7.79. The lowest BCUT2D eigenvalue weighted by Gasteiger charge is -2.11. The van der Waals surface area contributed by atoms with E-state index in [4.69, 9.17) is 17.0 Å². The van der Waals surface area contributed by atoms with Crippen LogP contribution < -0.4 is 4.74 Å². The Bertz CT molecular complexity index is 835. The fourth-order valence-electron chi connectivity index (χ4n) is 2.22. The number of H-pyrrole nitrogens is 1. The lowest BCUT2D eigenvalue weighted by molar-refractivity contribution is 0.401. The van der Waals surface area contributed by atoms with E-state index in [1.807, 2.05) is 10.8 Å². The molecule has 3 heterocycles. The number of thiazole rings is 1. The topological polar surface area (TPSA) is 68.6 Å². The van der Waals surface area contributed by atoms with E-state index >= 15 is 0 Å². The van der Waals surface area contributed by atoms with Crippen molar-refractivity contribution in [2.24, 2.45) is 0 Å². The van der Waals surface area contributed by atoms with Gasteiger partial charge in [-0.2, -0.15) is 4.98 Å². The van der Waals surface area contributed by atoms with Crippen molar-refractivity contribution in [3.05, 3.63) is 27.2 Å². The molecule has 0 fully saturated rings. The predicted octanol–water partition coefficient (Wildman–Crippen LogP) is 3.13. The normalized spacial score (nSPS) is 12.7. The Balaban J connectivity index is 2.15. The van der Waals surface area contributed by atoms with Gasteiger partial charge in [-0.1, -0.05) is 6.92 Å². The van der Waals surface area contributed by atoms with Crippen molar-refractivity contribution in [3.63, 3.8) is 0 Å². The van der Waals surface area contributed by atoms with Crippen LogP contribution in [-0.2, 0) is 6.42 Å². The fraction of sp³-hybridized carbons (Fsp3) is 0.385. The highest BCUT2D eigenvalue weighted by Crippen LogP contribution is 2.28. The van der Waals surface area contributed by atoms with Crippen LogP contribution in [0.15, 0.2) is 12.5 Å². The average molecular weight is 321 g/mol. The molecule has 0 aliphatic rings. The number of nitrogens with zero attached hydrogens (tertiary/aromatic N) is 4. The van der Waals surface area contributed by atoms with Crippen LogP contribution in [0.1, 0.15) is 29.8 Å². The van der Waals surface area contributed by atoms with E-state index < -0.39 is 0 Å². The summed E-state index contributed by atoms with van der Waals surface area (Å²) in [6.45, 7) is 4.19. The number of hydrogen-bond donors (Lipinski definition) is 1. The minimum Gasteiger partial charge on any atom is -0.479 e. The highest BCUT2D eigenvalue weighted by atomic mass is 32.1. The molecular weight excluding hydrogens is 306 g/mol. The molecule has 3 aromatic heterocycles. The molecule has 0 aliphatic carbocycles. The Labute approximate surface area is 130 Å². The number of ether oxygens (including phenoxy) is 1. The minimum atomic E-state index is 0.0103. The fourth-order valence-corrected chi connectivity index (χ4v) is 3.47. The molecule has 6 nitrogen and oxygen atoms in total. The maximum atomic E-state index is 5.43. The van der Waals surface area contributed by atoms with Crippen LogP contribution in [0, 0.1) is 4.77 Å². The summed E-state index contributed by atoms with van der Waals surface area (Å²) in [5, 5.41) is 1.02. The average Bonchev–Trinajstić information content (AvgIpc) is 3.09. The Hall–Kier alpha value is -1.80. The highest BCUT2D eigenvalue weighted by molar-refractivity contribution is 7.71. The SMILES string of the molecule is CCc1cnc(C(C)n2c(=S)[nH]c3c(OC)ncnc32)s1. The molecule has 1 unspecified atom stereocenters. The largest absolute Gasteiger partial charge is 0.479 e. The molecular formula is C13H15N5OS2. The van der Waals surface area contributed by atoms with Crippen molar-refractivity contribution in [2.75, 3.05) is 7.11 Å². The Kier molecular flexibility index (Phi) is 3.73. The molecule has 3 aromatic rings. The van der Waals surface area contributed by atoms with Gasteiger partial charge in [0.05, 0.1) is 13.2 Å². The van der Waals surface area contributed by atoms with Crippen LogP contribution in [0.4, 0.5) is 0 Å². The van der Waals surface area contributed by atoms with Crippen molar-refractivity contribution in [3.8, 4) is 5.88 Å². The minimum absolute atomic E-state index is 0.0103. The van der Waals surface area contributed by atoms with Crippen molar-refractivity contribution in [1.29, 1.82) is 0 Å². The summed E-state index contributed by atoms with van der Waals surface area (Å²) in [7, 11) is 1.58. The zero-order valence-electron chi connectivity index (χ0n) is 12.0. The van der Waals surface area contributed by atoms with Crippen molar-refractivity contribution in [1.82, 2.24) is 24.5 Å². The van der Waals surface area contributed by atoms with Gasteiger partial charge in [0, 0.05) is 11.1 Å². The van der Waals surface area contributed by atoms with Gasteiger partial charge in [0.2, 0.25) is 5.88 Å². The van der Waals surface area contributed by atoms with E-state index in [0.29, 0.717) is 16.2 Å². The van der Waals surface area contributed by atoms with E-state index in [1.54, 1.807) is 18.4 Å². The van der Waals surface area contributed by atoms with Crippen molar-refractivity contribution >= 4 is 34.7 Å². The van der Waals surface area contributed by atoms with Gasteiger partial charge in [-0.15, -0.1) is 11.3 Å². The van der Waals surface area contributed by atoms with Gasteiger partial charge in [0.1, 0.15) is 16.9 Å². The molecule has 0 bridgehead atoms. The van der Waals surface area contributed by atoms with E-state index in [1.165, 1.54) is 11.2 Å². The molecule has 8 heteroatoms. The second kappa shape index (κ2) is 5.53. The summed E-state index contributed by atoms with van der Waals surface area (Å²) in [5.41, 5.74) is 1.44. The first kappa shape index (κ1) is 14.2. The lowest BCUT2D eigenvalue weighted by atomic mass is 10.3. The van der Waals surface area contributed by atoms with Crippen molar-refractivity contribution in [2.45, 2.75) is 26.3 Å². The third-order valence-corrected chi connectivity index (χ3v) is 4.94. The van der Waals surface area contributed by atoms with Gasteiger partial charge in [-0.25, -0.2) is 9.97 Å². The van der Waals surface area contributed by atoms with E-state index in [2.05, 4.69) is 33.8 Å². The van der Waals surface area contributed by atoms with Gasteiger partial charge < -0.3 is 9.72 Å². The summed E-state index contributed by atoms with van der Waals surface area (Å²) in [6, 6.07) is 0.0103. The van der Waals surface area contributed by atoms with Crippen LogP contribution in [0.2, 0.25) is 0 Å². The van der Waals surface area contributed by atoms with Crippen molar-refractivity contribution < 1.29 is 4.74 Å². The molecule has 1 atom stereocenters. The van der Waals surface area contributed by atoms with E-state index in [9.17, 15) is 0 Å². The zero-order valence-corrected chi connectivity index (χ0v) is 13.6. The third-order valence-electron chi connectivity index (χ3n) is 3.33. The first-order valence-corrected chi connectivity index (χ1v) is 7.82. The number of aromatic amines is 1. The summed E-state index contributed by atoms with van der Waals surface area (Å²) in [5.74, 6) is 0.491. The quantitative estimate of drug-likeness (QED) is 0.748. The number of aromatic nitrogens is 5. The van der Waals surface area contributed by atoms with Gasteiger partial charge in [-0.05, 0) is 25.6 Å². The van der Waals surface area contributed by atoms with Crippen LogP contribution in [-0.4, -0.2) is 31.6 Å². The summed E-state index contributed by atoms with van der Waals surface area (Å²) >= 11 is 7.13. The lowest BCUT2D eigenvalue weighted by Crippen LogP contribution is -2.07. The maximum Gasteiger partial charge on any atom is 0.242 e. The molecule has 0 radical (unpaired) electrons. The Morgan fingerprint density at radius 1 is 1.43 bits per heavy atom. The summed E-state index contributed by atoms with van der Waals surface area (Å²) in [4.78, 5) is 17.3. The van der Waals surface area contributed by atoms with E-state index in [0.717, 1.165) is 17.1 Å². The van der Waals surface area contributed by atoms with Gasteiger partial charge >= 0.3 is 0 Å². The molecule has 21 heavy (non-hydrogen) atoms. The van der Waals surface area contributed by atoms with Gasteiger partial charge in [0.25, 0.3) is 0 Å². The van der Waals surface area contributed by atoms with Crippen LogP contribution in [0.3, 0.4) is 0 Å². The molecule has 110 valence electrons. The van der Waals surface area contributed by atoms with Gasteiger partial charge in [0.15, 0.2) is 10.4 Å². The molecule has 3 rings (SSSR count). The number of aryl methyl sites for hydroxylation is 1. The molecule has 1 N–H and O–H groups in total. The van der Waals surface area contributed by atoms with Crippen LogP contribution in [0.5, 0.6) is 5.88 Å². The first-order valence-electron chi connectivity index (χ1n) is 6.59. The van der Waals surface area contributed by atoms with Gasteiger partial charge in [-0.3, -0.25) is 4.57 Å². The molecule has 0 saturated heterocycles. The maximum absolute atomic E-state index is 5.43. The second-order valence-corrected chi connectivity index (χ2v) is 6.11. The number of imidazole rings is 1. The molecule has 0 aromatic carbocycles. The molecule has 0 saturated carbocycles. The Morgan fingerprint density at radius 3 is 2.90 bits per heavy atom.